The Hall–Kier alpha value is -1.55. The smallest absolute Gasteiger partial charge is 0.0558 e. The lowest BCUT2D eigenvalue weighted by atomic mass is 10.1. The van der Waals surface area contributed by atoms with Crippen LogP contribution in [0.2, 0.25) is 0 Å². The Morgan fingerprint density at radius 3 is 2.59 bits per heavy atom. The van der Waals surface area contributed by atoms with Crippen molar-refractivity contribution in [2.24, 2.45) is 0 Å². The molecule has 0 radical (unpaired) electrons. The van der Waals surface area contributed by atoms with Gasteiger partial charge in [0.15, 0.2) is 0 Å². The van der Waals surface area contributed by atoms with Gasteiger partial charge in [0.1, 0.15) is 0 Å². The summed E-state index contributed by atoms with van der Waals surface area (Å²) in [6.45, 7) is 3.65. The highest BCUT2D eigenvalue weighted by Gasteiger charge is 2.15. The van der Waals surface area contributed by atoms with E-state index in [1.807, 2.05) is 6.07 Å². The number of nitrogens with zero attached hydrogens (tertiary/aromatic N) is 1. The van der Waals surface area contributed by atoms with E-state index in [9.17, 15) is 5.11 Å². The molecule has 0 bridgehead atoms. The van der Waals surface area contributed by atoms with Crippen molar-refractivity contribution in [2.45, 2.75) is 19.5 Å². The van der Waals surface area contributed by atoms with Crippen molar-refractivity contribution < 1.29 is 5.11 Å². The molecule has 0 aromatic heterocycles. The normalized spacial score (nSPS) is 12.6. The van der Waals surface area contributed by atoms with E-state index < -0.39 is 0 Å². The molecule has 0 saturated carbocycles. The fourth-order valence-corrected chi connectivity index (χ4v) is 2.98. The zero-order valence-corrected chi connectivity index (χ0v) is 13.5. The molecule has 0 spiro atoms. The summed E-state index contributed by atoms with van der Waals surface area (Å²) in [5, 5.41) is 12.8. The van der Waals surface area contributed by atoms with Crippen molar-refractivity contribution in [3.63, 3.8) is 0 Å². The third-order valence-corrected chi connectivity index (χ3v) is 3.99. The van der Waals surface area contributed by atoms with Crippen LogP contribution < -0.4 is 5.32 Å². The van der Waals surface area contributed by atoms with E-state index >= 15 is 0 Å². The molecule has 2 aromatic carbocycles. The fourth-order valence-electron chi connectivity index (χ4n) is 2.98. The van der Waals surface area contributed by atoms with Crippen LogP contribution in [0.1, 0.15) is 16.7 Å². The first-order valence-corrected chi connectivity index (χ1v) is 7.58. The number of hydrogen-bond donors (Lipinski definition) is 2. The van der Waals surface area contributed by atoms with Crippen LogP contribution in [-0.2, 0) is 19.5 Å². The number of para-hydroxylation sites is 1. The topological polar surface area (TPSA) is 35.5 Å². The number of aliphatic hydroxyl groups is 1. The number of benzene rings is 2. The Morgan fingerprint density at radius 2 is 1.82 bits per heavy atom. The van der Waals surface area contributed by atoms with E-state index in [1.165, 1.54) is 22.4 Å². The van der Waals surface area contributed by atoms with Crippen molar-refractivity contribution in [1.29, 1.82) is 0 Å². The van der Waals surface area contributed by atoms with E-state index in [-0.39, 0.29) is 19.0 Å². The molecular formula is C18H23ClN2O. The molecule has 2 N–H and O–H groups in total. The van der Waals surface area contributed by atoms with E-state index in [4.69, 9.17) is 0 Å². The van der Waals surface area contributed by atoms with Gasteiger partial charge in [0.2, 0.25) is 0 Å². The summed E-state index contributed by atoms with van der Waals surface area (Å²) in [6.07, 6.45) is 1.11. The van der Waals surface area contributed by atoms with E-state index in [1.54, 1.807) is 0 Å². The van der Waals surface area contributed by atoms with Crippen LogP contribution in [-0.4, -0.2) is 29.7 Å². The van der Waals surface area contributed by atoms with Gasteiger partial charge in [-0.15, -0.1) is 12.4 Å². The van der Waals surface area contributed by atoms with Crippen LogP contribution >= 0.6 is 12.4 Å². The standard InChI is InChI=1S/C18H22N2O.ClH/c21-12-11-20(13-15-5-2-1-3-6-15)14-17-8-4-7-16-9-10-19-18(16)17;/h1-8,19,21H,9-14H2;1H. The predicted octanol–water partition coefficient (Wildman–Crippen LogP) is 3.07. The number of nitrogens with one attached hydrogen (secondary N) is 1. The monoisotopic (exact) mass is 318 g/mol. The largest absolute Gasteiger partial charge is 0.395 e. The third kappa shape index (κ3) is 4.01. The average Bonchev–Trinajstić information content (AvgIpc) is 2.98. The number of rotatable bonds is 6. The summed E-state index contributed by atoms with van der Waals surface area (Å²) in [7, 11) is 0. The van der Waals surface area contributed by atoms with Crippen LogP contribution in [0, 0.1) is 0 Å². The first kappa shape index (κ1) is 16.8. The van der Waals surface area contributed by atoms with Gasteiger partial charge in [-0.25, -0.2) is 0 Å². The maximum absolute atomic E-state index is 9.33. The molecule has 0 amide bonds. The Balaban J connectivity index is 0.00000176. The van der Waals surface area contributed by atoms with Crippen LogP contribution in [0.5, 0.6) is 0 Å². The highest BCUT2D eigenvalue weighted by atomic mass is 35.5. The molecule has 0 atom stereocenters. The molecule has 0 unspecified atom stereocenters. The Labute approximate surface area is 138 Å². The molecule has 2 aromatic rings. The van der Waals surface area contributed by atoms with Crippen LogP contribution in [0.15, 0.2) is 48.5 Å². The van der Waals surface area contributed by atoms with Gasteiger partial charge in [-0.1, -0.05) is 48.5 Å². The molecule has 1 aliphatic heterocycles. The first-order chi connectivity index (χ1) is 10.4. The lowest BCUT2D eigenvalue weighted by Gasteiger charge is -2.23. The van der Waals surface area contributed by atoms with Crippen LogP contribution in [0.3, 0.4) is 0 Å². The molecule has 1 heterocycles. The molecule has 22 heavy (non-hydrogen) atoms. The van der Waals surface area contributed by atoms with E-state index in [0.717, 1.165) is 26.1 Å². The quantitative estimate of drug-likeness (QED) is 0.859. The van der Waals surface area contributed by atoms with E-state index in [0.29, 0.717) is 6.54 Å². The zero-order chi connectivity index (χ0) is 14.5. The maximum Gasteiger partial charge on any atom is 0.0558 e. The number of aliphatic hydroxyl groups excluding tert-OH is 1. The molecule has 4 heteroatoms. The maximum atomic E-state index is 9.33. The number of halogens is 1. The van der Waals surface area contributed by atoms with Crippen molar-refractivity contribution in [2.75, 3.05) is 25.0 Å². The van der Waals surface area contributed by atoms with Crippen molar-refractivity contribution in [3.8, 4) is 0 Å². The minimum atomic E-state index is 0. The summed E-state index contributed by atoms with van der Waals surface area (Å²) in [5.41, 5.74) is 5.32. The average molecular weight is 319 g/mol. The predicted molar refractivity (Wildman–Crippen MR) is 93.5 cm³/mol. The summed E-state index contributed by atoms with van der Waals surface area (Å²) in [4.78, 5) is 2.30. The summed E-state index contributed by atoms with van der Waals surface area (Å²) < 4.78 is 0. The van der Waals surface area contributed by atoms with Crippen LogP contribution in [0.4, 0.5) is 5.69 Å². The number of anilines is 1. The van der Waals surface area contributed by atoms with Gasteiger partial charge in [0.25, 0.3) is 0 Å². The van der Waals surface area contributed by atoms with Crippen LogP contribution in [0.25, 0.3) is 0 Å². The van der Waals surface area contributed by atoms with Gasteiger partial charge in [0, 0.05) is 31.9 Å². The molecule has 0 fully saturated rings. The van der Waals surface area contributed by atoms with E-state index in [2.05, 4.69) is 52.7 Å². The zero-order valence-electron chi connectivity index (χ0n) is 12.7. The SMILES string of the molecule is Cl.OCCN(Cc1ccccc1)Cc1cccc2c1NCC2. The molecular weight excluding hydrogens is 296 g/mol. The number of fused-ring (bicyclic) bond motifs is 1. The number of hydrogen-bond acceptors (Lipinski definition) is 3. The first-order valence-electron chi connectivity index (χ1n) is 7.58. The highest BCUT2D eigenvalue weighted by molar-refractivity contribution is 5.85. The molecule has 3 rings (SSSR count). The molecule has 118 valence electrons. The van der Waals surface area contributed by atoms with Gasteiger partial charge in [-0.2, -0.15) is 0 Å². The van der Waals surface area contributed by atoms with Gasteiger partial charge in [0.05, 0.1) is 6.61 Å². The molecule has 0 aliphatic carbocycles. The molecule has 3 nitrogen and oxygen atoms in total. The van der Waals surface area contributed by atoms with Crippen molar-refractivity contribution >= 4 is 18.1 Å². The second kappa shape index (κ2) is 8.18. The van der Waals surface area contributed by atoms with Gasteiger partial charge < -0.3 is 10.4 Å². The van der Waals surface area contributed by atoms with Crippen molar-refractivity contribution in [1.82, 2.24) is 4.90 Å². The van der Waals surface area contributed by atoms with Gasteiger partial charge >= 0.3 is 0 Å². The second-order valence-electron chi connectivity index (χ2n) is 5.55. The summed E-state index contributed by atoms with van der Waals surface area (Å²) >= 11 is 0. The highest BCUT2D eigenvalue weighted by Crippen LogP contribution is 2.27. The minimum Gasteiger partial charge on any atom is -0.395 e. The summed E-state index contributed by atoms with van der Waals surface area (Å²) in [5.74, 6) is 0. The summed E-state index contributed by atoms with van der Waals surface area (Å²) in [6, 6.07) is 17.0. The van der Waals surface area contributed by atoms with Crippen molar-refractivity contribution in [3.05, 3.63) is 65.2 Å². The molecule has 0 saturated heterocycles. The molecule has 1 aliphatic rings. The Kier molecular flexibility index (Phi) is 6.25. The van der Waals surface area contributed by atoms with Gasteiger partial charge in [-0.3, -0.25) is 4.90 Å². The lowest BCUT2D eigenvalue weighted by molar-refractivity contribution is 0.184. The Morgan fingerprint density at radius 1 is 1.00 bits per heavy atom. The Bertz CT molecular complexity index is 589. The lowest BCUT2D eigenvalue weighted by Crippen LogP contribution is -2.26. The minimum absolute atomic E-state index is 0. The third-order valence-electron chi connectivity index (χ3n) is 3.99. The second-order valence-corrected chi connectivity index (χ2v) is 5.55. The van der Waals surface area contributed by atoms with Gasteiger partial charge in [-0.05, 0) is 23.1 Å². The fraction of sp³-hybridized carbons (Fsp3) is 0.333.